The third-order valence-corrected chi connectivity index (χ3v) is 4.68. The average Bonchev–Trinajstić information content (AvgIpc) is 3.28. The standard InChI is InChI=1S/C14H12N4O3S2/c1-2-10-17-18-14(23-10)16-11(19)8-5-7-22-13(8)15-12(20)9-4-3-6-21-9/h3-7H,2H2,1H3,(H,15,20)(H,16,18,19). The van der Waals surface area contributed by atoms with E-state index in [9.17, 15) is 9.59 Å². The van der Waals surface area contributed by atoms with Crippen LogP contribution < -0.4 is 10.6 Å². The van der Waals surface area contributed by atoms with Gasteiger partial charge in [0.15, 0.2) is 5.76 Å². The summed E-state index contributed by atoms with van der Waals surface area (Å²) in [6.07, 6.45) is 2.17. The van der Waals surface area contributed by atoms with Gasteiger partial charge in [-0.15, -0.1) is 21.5 Å². The van der Waals surface area contributed by atoms with E-state index in [1.165, 1.54) is 28.9 Å². The molecule has 118 valence electrons. The summed E-state index contributed by atoms with van der Waals surface area (Å²) in [4.78, 5) is 24.3. The molecule has 0 saturated heterocycles. The van der Waals surface area contributed by atoms with Crippen molar-refractivity contribution >= 4 is 44.6 Å². The van der Waals surface area contributed by atoms with Gasteiger partial charge in [-0.2, -0.15) is 0 Å². The Morgan fingerprint density at radius 2 is 2.09 bits per heavy atom. The van der Waals surface area contributed by atoms with E-state index in [0.29, 0.717) is 15.7 Å². The molecule has 23 heavy (non-hydrogen) atoms. The summed E-state index contributed by atoms with van der Waals surface area (Å²) >= 11 is 2.58. The highest BCUT2D eigenvalue weighted by atomic mass is 32.1. The Kier molecular flexibility index (Phi) is 4.49. The fourth-order valence-electron chi connectivity index (χ4n) is 1.77. The van der Waals surface area contributed by atoms with Crippen molar-refractivity contribution in [2.75, 3.05) is 10.6 Å². The third-order valence-electron chi connectivity index (χ3n) is 2.87. The van der Waals surface area contributed by atoms with Gasteiger partial charge in [-0.05, 0) is 30.0 Å². The molecule has 0 aliphatic carbocycles. The zero-order valence-corrected chi connectivity index (χ0v) is 13.7. The zero-order valence-electron chi connectivity index (χ0n) is 12.0. The maximum Gasteiger partial charge on any atom is 0.291 e. The molecule has 2 amide bonds. The van der Waals surface area contributed by atoms with E-state index >= 15 is 0 Å². The number of hydrogen-bond donors (Lipinski definition) is 2. The van der Waals surface area contributed by atoms with Crippen molar-refractivity contribution in [3.8, 4) is 0 Å². The first-order valence-electron chi connectivity index (χ1n) is 6.73. The number of aryl methyl sites for hydroxylation is 1. The van der Waals surface area contributed by atoms with E-state index in [2.05, 4.69) is 20.8 Å². The summed E-state index contributed by atoms with van der Waals surface area (Å²) in [5.74, 6) is -0.572. The summed E-state index contributed by atoms with van der Waals surface area (Å²) in [7, 11) is 0. The van der Waals surface area contributed by atoms with Gasteiger partial charge < -0.3 is 9.73 Å². The van der Waals surface area contributed by atoms with Gasteiger partial charge in [-0.3, -0.25) is 14.9 Å². The maximum atomic E-state index is 12.3. The summed E-state index contributed by atoms with van der Waals surface area (Å²) in [6, 6.07) is 4.81. The molecule has 0 aliphatic heterocycles. The van der Waals surface area contributed by atoms with Crippen molar-refractivity contribution < 1.29 is 14.0 Å². The molecule has 9 heteroatoms. The minimum Gasteiger partial charge on any atom is -0.459 e. The lowest BCUT2D eigenvalue weighted by Crippen LogP contribution is -2.16. The second-order valence-corrected chi connectivity index (χ2v) is 6.38. The van der Waals surface area contributed by atoms with Crippen LogP contribution in [0.4, 0.5) is 10.1 Å². The largest absolute Gasteiger partial charge is 0.459 e. The first kappa shape index (κ1) is 15.4. The van der Waals surface area contributed by atoms with Gasteiger partial charge in [0.1, 0.15) is 10.0 Å². The van der Waals surface area contributed by atoms with Crippen LogP contribution in [0.3, 0.4) is 0 Å². The molecule has 0 saturated carbocycles. The molecule has 0 fully saturated rings. The highest BCUT2D eigenvalue weighted by molar-refractivity contribution is 7.15. The molecular formula is C14H12N4O3S2. The van der Waals surface area contributed by atoms with Crippen LogP contribution >= 0.6 is 22.7 Å². The van der Waals surface area contributed by atoms with Gasteiger partial charge >= 0.3 is 0 Å². The third kappa shape index (κ3) is 3.46. The second-order valence-electron chi connectivity index (χ2n) is 4.40. The molecule has 3 aromatic heterocycles. The zero-order chi connectivity index (χ0) is 16.2. The fourth-order valence-corrected chi connectivity index (χ4v) is 3.22. The number of thiophene rings is 1. The van der Waals surface area contributed by atoms with Crippen molar-refractivity contribution in [1.82, 2.24) is 10.2 Å². The minimum absolute atomic E-state index is 0.182. The van der Waals surface area contributed by atoms with Crippen LogP contribution in [-0.4, -0.2) is 22.0 Å². The van der Waals surface area contributed by atoms with E-state index in [-0.39, 0.29) is 11.7 Å². The predicted octanol–water partition coefficient (Wildman–Crippen LogP) is 3.26. The Hall–Kier alpha value is -2.52. The van der Waals surface area contributed by atoms with Crippen LogP contribution in [0.25, 0.3) is 0 Å². The molecule has 0 unspecified atom stereocenters. The van der Waals surface area contributed by atoms with Crippen LogP contribution in [-0.2, 0) is 6.42 Å². The predicted molar refractivity (Wildman–Crippen MR) is 88.2 cm³/mol. The lowest BCUT2D eigenvalue weighted by atomic mass is 10.3. The van der Waals surface area contributed by atoms with Gasteiger partial charge in [-0.25, -0.2) is 0 Å². The number of nitrogens with one attached hydrogen (secondary N) is 2. The summed E-state index contributed by atoms with van der Waals surface area (Å²) in [5, 5.41) is 16.7. The number of aromatic nitrogens is 2. The Labute approximate surface area is 139 Å². The Morgan fingerprint density at radius 3 is 2.78 bits per heavy atom. The number of carbonyl (C=O) groups excluding carboxylic acids is 2. The fraction of sp³-hybridized carbons (Fsp3) is 0.143. The Bertz CT molecular complexity index is 823. The number of rotatable bonds is 5. The second kappa shape index (κ2) is 6.71. The molecule has 0 aromatic carbocycles. The number of hydrogen-bond acceptors (Lipinski definition) is 7. The van der Waals surface area contributed by atoms with E-state index in [0.717, 1.165) is 11.4 Å². The number of nitrogens with zero attached hydrogens (tertiary/aromatic N) is 2. The Morgan fingerprint density at radius 1 is 1.22 bits per heavy atom. The number of anilines is 2. The van der Waals surface area contributed by atoms with Gasteiger partial charge in [0, 0.05) is 0 Å². The number of carbonyl (C=O) groups is 2. The molecule has 7 nitrogen and oxygen atoms in total. The highest BCUT2D eigenvalue weighted by Gasteiger charge is 2.18. The van der Waals surface area contributed by atoms with E-state index in [1.807, 2.05) is 6.92 Å². The topological polar surface area (TPSA) is 97.1 Å². The molecule has 3 heterocycles. The lowest BCUT2D eigenvalue weighted by Gasteiger charge is -2.04. The number of amides is 2. The van der Waals surface area contributed by atoms with Crippen molar-refractivity contribution in [1.29, 1.82) is 0 Å². The Balaban J connectivity index is 1.72. The molecule has 0 spiro atoms. The smallest absolute Gasteiger partial charge is 0.291 e. The molecule has 2 N–H and O–H groups in total. The van der Waals surface area contributed by atoms with Crippen LogP contribution in [0.1, 0.15) is 32.8 Å². The van der Waals surface area contributed by atoms with E-state index in [1.54, 1.807) is 23.6 Å². The van der Waals surface area contributed by atoms with Crippen LogP contribution in [0.15, 0.2) is 34.3 Å². The average molecular weight is 348 g/mol. The monoisotopic (exact) mass is 348 g/mol. The number of furan rings is 1. The van der Waals surface area contributed by atoms with Crippen molar-refractivity contribution in [3.63, 3.8) is 0 Å². The van der Waals surface area contributed by atoms with Gasteiger partial charge in [0.05, 0.1) is 11.8 Å². The quantitative estimate of drug-likeness (QED) is 0.737. The summed E-state index contributed by atoms with van der Waals surface area (Å²) < 4.78 is 5.03. The highest BCUT2D eigenvalue weighted by Crippen LogP contribution is 2.25. The SMILES string of the molecule is CCc1nnc(NC(=O)c2ccsc2NC(=O)c2ccco2)s1. The lowest BCUT2D eigenvalue weighted by molar-refractivity contribution is 0.0997. The molecule has 0 bridgehead atoms. The maximum absolute atomic E-state index is 12.3. The van der Waals surface area contributed by atoms with Crippen LogP contribution in [0, 0.1) is 0 Å². The molecule has 0 radical (unpaired) electrons. The molecule has 3 aromatic rings. The van der Waals surface area contributed by atoms with Crippen molar-refractivity contribution in [2.24, 2.45) is 0 Å². The first-order valence-corrected chi connectivity index (χ1v) is 8.43. The molecule has 0 atom stereocenters. The first-order chi connectivity index (χ1) is 11.2. The van der Waals surface area contributed by atoms with Crippen molar-refractivity contribution in [3.05, 3.63) is 46.2 Å². The van der Waals surface area contributed by atoms with Crippen molar-refractivity contribution in [2.45, 2.75) is 13.3 Å². The van der Waals surface area contributed by atoms with Gasteiger partial charge in [0.2, 0.25) is 5.13 Å². The van der Waals surface area contributed by atoms with Crippen LogP contribution in [0.2, 0.25) is 0 Å². The van der Waals surface area contributed by atoms with Gasteiger partial charge in [0.25, 0.3) is 11.8 Å². The molecular weight excluding hydrogens is 336 g/mol. The minimum atomic E-state index is -0.407. The normalized spacial score (nSPS) is 10.5. The molecule has 3 rings (SSSR count). The van der Waals surface area contributed by atoms with Crippen LogP contribution in [0.5, 0.6) is 0 Å². The summed E-state index contributed by atoms with van der Waals surface area (Å²) in [6.45, 7) is 1.97. The van der Waals surface area contributed by atoms with Gasteiger partial charge in [-0.1, -0.05) is 18.3 Å². The molecule has 0 aliphatic rings. The summed E-state index contributed by atoms with van der Waals surface area (Å²) in [5.41, 5.74) is 0.364. The van der Waals surface area contributed by atoms with E-state index in [4.69, 9.17) is 4.42 Å². The van der Waals surface area contributed by atoms with E-state index < -0.39 is 5.91 Å².